The number of nitriles is 1. The number of nitrogens with zero attached hydrogens (tertiary/aromatic N) is 3. The topological polar surface area (TPSA) is 112 Å². The molecule has 1 amide bonds. The molecule has 3 N–H and O–H groups in total. The summed E-state index contributed by atoms with van der Waals surface area (Å²) in [7, 11) is 0. The Bertz CT molecular complexity index is 918. The van der Waals surface area contributed by atoms with Crippen molar-refractivity contribution in [1.29, 1.82) is 5.26 Å². The van der Waals surface area contributed by atoms with Crippen LogP contribution in [0, 0.1) is 11.3 Å². The van der Waals surface area contributed by atoms with E-state index in [1.54, 1.807) is 32.9 Å². The van der Waals surface area contributed by atoms with Gasteiger partial charge in [-0.2, -0.15) is 23.4 Å². The van der Waals surface area contributed by atoms with Crippen LogP contribution in [0.25, 0.3) is 0 Å². The highest BCUT2D eigenvalue weighted by Gasteiger charge is 2.33. The van der Waals surface area contributed by atoms with Gasteiger partial charge in [-0.05, 0) is 45.0 Å². The van der Waals surface area contributed by atoms with Crippen molar-refractivity contribution in [3.63, 3.8) is 0 Å². The van der Waals surface area contributed by atoms with Gasteiger partial charge in [0.15, 0.2) is 5.69 Å². The van der Waals surface area contributed by atoms with E-state index in [9.17, 15) is 18.0 Å². The van der Waals surface area contributed by atoms with Crippen LogP contribution in [0.4, 0.5) is 35.4 Å². The first-order valence-electron chi connectivity index (χ1n) is 8.90. The lowest BCUT2D eigenvalue weighted by Gasteiger charge is -2.19. The van der Waals surface area contributed by atoms with E-state index in [1.807, 2.05) is 6.07 Å². The molecule has 1 heterocycles. The van der Waals surface area contributed by atoms with Gasteiger partial charge < -0.3 is 20.7 Å². The number of carbonyl (C=O) groups excluding carboxylic acids is 1. The minimum atomic E-state index is -4.67. The third-order valence-electron chi connectivity index (χ3n) is 3.38. The first kappa shape index (κ1) is 22.7. The predicted octanol–water partition coefficient (Wildman–Crippen LogP) is 4.05. The summed E-state index contributed by atoms with van der Waals surface area (Å²) in [6.45, 7) is 5.31. The lowest BCUT2D eigenvalue weighted by atomic mass is 10.2. The number of aromatic nitrogens is 2. The largest absolute Gasteiger partial charge is 0.444 e. The minimum absolute atomic E-state index is 0.0790. The maximum atomic E-state index is 13.2. The lowest BCUT2D eigenvalue weighted by Crippen LogP contribution is -2.35. The van der Waals surface area contributed by atoms with Crippen molar-refractivity contribution in [2.45, 2.75) is 32.5 Å². The first-order chi connectivity index (χ1) is 14.0. The number of halogens is 3. The van der Waals surface area contributed by atoms with Crippen LogP contribution < -0.4 is 16.0 Å². The Morgan fingerprint density at radius 1 is 1.13 bits per heavy atom. The van der Waals surface area contributed by atoms with E-state index < -0.39 is 23.6 Å². The third-order valence-corrected chi connectivity index (χ3v) is 3.38. The van der Waals surface area contributed by atoms with E-state index in [0.29, 0.717) is 11.3 Å². The van der Waals surface area contributed by atoms with Crippen LogP contribution in [0.1, 0.15) is 32.0 Å². The number of rotatable bonds is 6. The van der Waals surface area contributed by atoms with Crippen LogP contribution in [0.15, 0.2) is 30.3 Å². The van der Waals surface area contributed by atoms with E-state index in [2.05, 4.69) is 25.9 Å². The van der Waals surface area contributed by atoms with Crippen molar-refractivity contribution in [3.05, 3.63) is 41.6 Å². The second-order valence-electron chi connectivity index (χ2n) is 7.13. The molecule has 0 aliphatic heterocycles. The Hall–Kier alpha value is -3.55. The number of ether oxygens (including phenoxy) is 1. The van der Waals surface area contributed by atoms with Crippen LogP contribution in [0.2, 0.25) is 0 Å². The molecule has 0 saturated carbocycles. The second kappa shape index (κ2) is 9.30. The van der Waals surface area contributed by atoms with E-state index in [0.717, 1.165) is 6.07 Å². The highest BCUT2D eigenvalue weighted by molar-refractivity contribution is 5.67. The van der Waals surface area contributed by atoms with Crippen molar-refractivity contribution in [3.8, 4) is 6.07 Å². The molecule has 0 fully saturated rings. The monoisotopic (exact) mass is 422 g/mol. The van der Waals surface area contributed by atoms with Gasteiger partial charge in [0, 0.05) is 24.8 Å². The summed E-state index contributed by atoms with van der Waals surface area (Å²) in [5, 5.41) is 16.7. The summed E-state index contributed by atoms with van der Waals surface area (Å²) in [5.41, 5.74) is -0.915. The number of amides is 1. The molecule has 0 radical (unpaired) electrons. The highest BCUT2D eigenvalue weighted by atomic mass is 19.4. The molecule has 0 saturated heterocycles. The quantitative estimate of drug-likeness (QED) is 0.602. The van der Waals surface area contributed by atoms with E-state index in [-0.39, 0.29) is 24.9 Å². The van der Waals surface area contributed by atoms with Crippen molar-refractivity contribution in [2.75, 3.05) is 23.7 Å². The van der Waals surface area contributed by atoms with Crippen molar-refractivity contribution < 1.29 is 22.7 Å². The Kier molecular flexibility index (Phi) is 7.05. The molecule has 160 valence electrons. The molecular weight excluding hydrogens is 401 g/mol. The average Bonchev–Trinajstić information content (AvgIpc) is 2.63. The number of benzene rings is 1. The maximum Gasteiger partial charge on any atom is 0.433 e. The minimum Gasteiger partial charge on any atom is -0.444 e. The van der Waals surface area contributed by atoms with Gasteiger partial charge in [-0.1, -0.05) is 0 Å². The summed E-state index contributed by atoms with van der Waals surface area (Å²) < 4.78 is 44.6. The molecule has 30 heavy (non-hydrogen) atoms. The molecule has 11 heteroatoms. The number of hydrogen-bond acceptors (Lipinski definition) is 7. The SMILES string of the molecule is CC(C)(C)OC(=O)NCCNc1nc(Nc2ccc(C#N)cc2)cc(C(F)(F)F)n1. The molecule has 0 atom stereocenters. The number of alkyl carbamates (subject to hydrolysis) is 1. The van der Waals surface area contributed by atoms with Gasteiger partial charge in [-0.15, -0.1) is 0 Å². The molecule has 8 nitrogen and oxygen atoms in total. The van der Waals surface area contributed by atoms with Gasteiger partial charge in [0.1, 0.15) is 11.4 Å². The van der Waals surface area contributed by atoms with Crippen molar-refractivity contribution in [2.24, 2.45) is 0 Å². The smallest absolute Gasteiger partial charge is 0.433 e. The summed E-state index contributed by atoms with van der Waals surface area (Å²) in [6, 6.07) is 8.88. The molecule has 1 aromatic heterocycles. The Morgan fingerprint density at radius 2 is 1.80 bits per heavy atom. The summed E-state index contributed by atoms with van der Waals surface area (Å²) in [6.07, 6.45) is -5.31. The summed E-state index contributed by atoms with van der Waals surface area (Å²) in [5.74, 6) is -0.336. The number of anilines is 3. The van der Waals surface area contributed by atoms with Crippen molar-refractivity contribution in [1.82, 2.24) is 15.3 Å². The number of hydrogen-bond donors (Lipinski definition) is 3. The van der Waals surface area contributed by atoms with Crippen molar-refractivity contribution >= 4 is 23.5 Å². The standard InChI is InChI=1S/C19H21F3N6O2/c1-18(2,3)30-17(29)25-9-8-24-16-27-14(19(20,21)22)10-15(28-16)26-13-6-4-12(11-23)5-7-13/h4-7,10H,8-9H2,1-3H3,(H,25,29)(H2,24,26,27,28). The number of nitrogens with one attached hydrogen (secondary N) is 3. The normalized spacial score (nSPS) is 11.4. The van der Waals surface area contributed by atoms with Gasteiger partial charge in [0.05, 0.1) is 11.6 Å². The fourth-order valence-corrected chi connectivity index (χ4v) is 2.16. The van der Waals surface area contributed by atoms with Gasteiger partial charge >= 0.3 is 12.3 Å². The highest BCUT2D eigenvalue weighted by Crippen LogP contribution is 2.30. The molecule has 0 aliphatic carbocycles. The molecule has 0 spiro atoms. The fourth-order valence-electron chi connectivity index (χ4n) is 2.16. The fraction of sp³-hybridized carbons (Fsp3) is 0.368. The molecule has 0 bridgehead atoms. The van der Waals surface area contributed by atoms with Gasteiger partial charge in [0.2, 0.25) is 5.95 Å². The number of carbonyl (C=O) groups is 1. The Morgan fingerprint density at radius 3 is 2.37 bits per heavy atom. The Balaban J connectivity index is 2.06. The van der Waals surface area contributed by atoms with Crippen LogP contribution in [-0.4, -0.2) is 34.8 Å². The molecule has 2 aromatic rings. The lowest BCUT2D eigenvalue weighted by molar-refractivity contribution is -0.141. The average molecular weight is 422 g/mol. The first-order valence-corrected chi connectivity index (χ1v) is 8.90. The molecule has 0 aliphatic rings. The zero-order valence-corrected chi connectivity index (χ0v) is 16.6. The predicted molar refractivity (Wildman–Crippen MR) is 104 cm³/mol. The summed E-state index contributed by atoms with van der Waals surface area (Å²) >= 11 is 0. The van der Waals surface area contributed by atoms with E-state index in [1.165, 1.54) is 12.1 Å². The second-order valence-corrected chi connectivity index (χ2v) is 7.13. The van der Waals surface area contributed by atoms with Crippen LogP contribution in [0.5, 0.6) is 0 Å². The van der Waals surface area contributed by atoms with Gasteiger partial charge in [0.25, 0.3) is 0 Å². The zero-order chi connectivity index (χ0) is 22.4. The molecule has 0 unspecified atom stereocenters. The molecule has 2 rings (SSSR count). The summed E-state index contributed by atoms with van der Waals surface area (Å²) in [4.78, 5) is 19.1. The third kappa shape index (κ3) is 7.46. The zero-order valence-electron chi connectivity index (χ0n) is 16.6. The van der Waals surface area contributed by atoms with E-state index >= 15 is 0 Å². The van der Waals surface area contributed by atoms with Crippen LogP contribution >= 0.6 is 0 Å². The molecule has 1 aromatic carbocycles. The van der Waals surface area contributed by atoms with Crippen LogP contribution in [-0.2, 0) is 10.9 Å². The van der Waals surface area contributed by atoms with E-state index in [4.69, 9.17) is 10.00 Å². The van der Waals surface area contributed by atoms with Gasteiger partial charge in [-0.3, -0.25) is 0 Å². The maximum absolute atomic E-state index is 13.2. The number of alkyl halides is 3. The Labute approximate surface area is 171 Å². The van der Waals surface area contributed by atoms with Crippen LogP contribution in [0.3, 0.4) is 0 Å². The van der Waals surface area contributed by atoms with Gasteiger partial charge in [-0.25, -0.2) is 9.78 Å². The molecular formula is C19H21F3N6O2.